The van der Waals surface area contributed by atoms with Crippen molar-refractivity contribution in [3.05, 3.63) is 47.4 Å². The molecule has 1 saturated heterocycles. The van der Waals surface area contributed by atoms with Crippen LogP contribution in [0.1, 0.15) is 54.9 Å². The number of amides is 1. The zero-order chi connectivity index (χ0) is 15.1. The largest absolute Gasteiger partial charge is 0.337 e. The molecule has 4 rings (SSSR count). The van der Waals surface area contributed by atoms with E-state index in [4.69, 9.17) is 4.52 Å². The average Bonchev–Trinajstić information content (AvgIpc) is 3.14. The molecule has 2 aromatic rings. The first-order valence-corrected chi connectivity index (χ1v) is 7.58. The molecule has 1 aliphatic heterocycles. The fraction of sp³-hybridized carbons (Fsp3) is 0.438. The van der Waals surface area contributed by atoms with Crippen molar-refractivity contribution >= 4 is 5.91 Å². The van der Waals surface area contributed by atoms with Crippen molar-refractivity contribution in [3.8, 4) is 0 Å². The summed E-state index contributed by atoms with van der Waals surface area (Å²) in [4.78, 5) is 18.3. The zero-order valence-corrected chi connectivity index (χ0v) is 12.0. The normalized spacial score (nSPS) is 21.6. The number of nitrogens with zero attached hydrogens (tertiary/aromatic N) is 3. The van der Waals surface area contributed by atoms with Crippen LogP contribution in [0.4, 0.5) is 4.39 Å². The van der Waals surface area contributed by atoms with E-state index in [-0.39, 0.29) is 17.8 Å². The van der Waals surface area contributed by atoms with E-state index in [1.54, 1.807) is 11.0 Å². The van der Waals surface area contributed by atoms with Gasteiger partial charge in [-0.05, 0) is 37.0 Å². The first-order valence-electron chi connectivity index (χ1n) is 7.58. The topological polar surface area (TPSA) is 59.2 Å². The van der Waals surface area contributed by atoms with Gasteiger partial charge in [-0.3, -0.25) is 4.79 Å². The van der Waals surface area contributed by atoms with E-state index in [1.807, 2.05) is 6.07 Å². The highest BCUT2D eigenvalue weighted by Gasteiger charge is 2.37. The first-order chi connectivity index (χ1) is 10.7. The Kier molecular flexibility index (Phi) is 3.17. The predicted molar refractivity (Wildman–Crippen MR) is 75.2 cm³/mol. The molecule has 0 N–H and O–H groups in total. The summed E-state index contributed by atoms with van der Waals surface area (Å²) in [6.45, 7) is 0.363. The molecule has 2 aliphatic rings. The van der Waals surface area contributed by atoms with Gasteiger partial charge in [-0.2, -0.15) is 4.98 Å². The molecule has 1 aliphatic carbocycles. The molecule has 1 saturated carbocycles. The summed E-state index contributed by atoms with van der Waals surface area (Å²) in [5.74, 6) is 1.42. The van der Waals surface area contributed by atoms with Gasteiger partial charge in [-0.25, -0.2) is 4.39 Å². The Hall–Kier alpha value is -2.24. The maximum absolute atomic E-state index is 13.3. The number of rotatable bonds is 4. The molecule has 1 atom stereocenters. The lowest BCUT2D eigenvalue weighted by atomic mass is 10.1. The lowest BCUT2D eigenvalue weighted by Gasteiger charge is -2.22. The summed E-state index contributed by atoms with van der Waals surface area (Å²) < 4.78 is 18.7. The SMILES string of the molecule is O=C1CC[C@@H](c2nc(C3CC3)no2)N1Cc1cccc(F)c1. The van der Waals surface area contributed by atoms with Crippen LogP contribution in [0.3, 0.4) is 0 Å². The molecule has 1 aromatic carbocycles. The number of benzene rings is 1. The van der Waals surface area contributed by atoms with Crippen LogP contribution in [0.15, 0.2) is 28.8 Å². The number of halogens is 1. The van der Waals surface area contributed by atoms with Crippen molar-refractivity contribution in [2.45, 2.75) is 44.2 Å². The molecule has 0 bridgehead atoms. The van der Waals surface area contributed by atoms with Crippen LogP contribution in [-0.2, 0) is 11.3 Å². The monoisotopic (exact) mass is 301 g/mol. The molecule has 2 fully saturated rings. The number of hydrogen-bond acceptors (Lipinski definition) is 4. The highest BCUT2D eigenvalue weighted by atomic mass is 19.1. The van der Waals surface area contributed by atoms with Gasteiger partial charge in [-0.1, -0.05) is 17.3 Å². The fourth-order valence-electron chi connectivity index (χ4n) is 2.91. The van der Waals surface area contributed by atoms with E-state index in [1.165, 1.54) is 12.1 Å². The number of likely N-dealkylation sites (tertiary alicyclic amines) is 1. The summed E-state index contributed by atoms with van der Waals surface area (Å²) in [6.07, 6.45) is 3.34. The Bertz CT molecular complexity index is 711. The number of carbonyl (C=O) groups excluding carboxylic acids is 1. The highest BCUT2D eigenvalue weighted by Crippen LogP contribution is 2.40. The molecule has 2 heterocycles. The van der Waals surface area contributed by atoms with Crippen molar-refractivity contribution in [3.63, 3.8) is 0 Å². The molecule has 6 heteroatoms. The first kappa shape index (κ1) is 13.4. The predicted octanol–water partition coefficient (Wildman–Crippen LogP) is 2.95. The van der Waals surface area contributed by atoms with Gasteiger partial charge in [-0.15, -0.1) is 0 Å². The Morgan fingerprint density at radius 2 is 2.18 bits per heavy atom. The molecule has 0 unspecified atom stereocenters. The van der Waals surface area contributed by atoms with Gasteiger partial charge >= 0.3 is 0 Å². The summed E-state index contributed by atoms with van der Waals surface area (Å²) in [5.41, 5.74) is 0.766. The number of aromatic nitrogens is 2. The van der Waals surface area contributed by atoms with Crippen LogP contribution in [0, 0.1) is 5.82 Å². The molecule has 1 aromatic heterocycles. The minimum Gasteiger partial charge on any atom is -0.337 e. The summed E-state index contributed by atoms with van der Waals surface area (Å²) in [7, 11) is 0. The summed E-state index contributed by atoms with van der Waals surface area (Å²) in [5, 5.41) is 4.02. The zero-order valence-electron chi connectivity index (χ0n) is 12.0. The van der Waals surface area contributed by atoms with Gasteiger partial charge in [0.25, 0.3) is 0 Å². The van der Waals surface area contributed by atoms with Gasteiger partial charge in [0.1, 0.15) is 11.9 Å². The minimum atomic E-state index is -0.297. The van der Waals surface area contributed by atoms with E-state index in [9.17, 15) is 9.18 Å². The molecular formula is C16H16FN3O2. The Morgan fingerprint density at radius 3 is 2.95 bits per heavy atom. The van der Waals surface area contributed by atoms with Gasteiger partial charge in [0.2, 0.25) is 11.8 Å². The van der Waals surface area contributed by atoms with Crippen molar-refractivity contribution in [1.29, 1.82) is 0 Å². The molecule has 0 spiro atoms. The van der Waals surface area contributed by atoms with Crippen molar-refractivity contribution in [2.24, 2.45) is 0 Å². The minimum absolute atomic E-state index is 0.0421. The third-order valence-electron chi connectivity index (χ3n) is 4.26. The van der Waals surface area contributed by atoms with E-state index >= 15 is 0 Å². The van der Waals surface area contributed by atoms with Crippen molar-refractivity contribution in [2.75, 3.05) is 0 Å². The van der Waals surface area contributed by atoms with Crippen molar-refractivity contribution < 1.29 is 13.7 Å². The highest BCUT2D eigenvalue weighted by molar-refractivity contribution is 5.78. The van der Waals surface area contributed by atoms with E-state index in [2.05, 4.69) is 10.1 Å². The van der Waals surface area contributed by atoms with Crippen LogP contribution in [-0.4, -0.2) is 20.9 Å². The standard InChI is InChI=1S/C16H16FN3O2/c17-12-3-1-2-10(8-12)9-20-13(6-7-14(20)21)16-18-15(19-22-16)11-4-5-11/h1-3,8,11,13H,4-7,9H2/t13-/m0/s1. The Balaban J connectivity index is 1.56. The lowest BCUT2D eigenvalue weighted by molar-refractivity contribution is -0.130. The third-order valence-corrected chi connectivity index (χ3v) is 4.26. The maximum Gasteiger partial charge on any atom is 0.249 e. The van der Waals surface area contributed by atoms with Crippen LogP contribution in [0.5, 0.6) is 0 Å². The van der Waals surface area contributed by atoms with E-state index in [0.29, 0.717) is 31.2 Å². The molecule has 0 radical (unpaired) electrons. The van der Waals surface area contributed by atoms with E-state index < -0.39 is 0 Å². The summed E-state index contributed by atoms with van der Waals surface area (Å²) in [6, 6.07) is 6.11. The van der Waals surface area contributed by atoms with Crippen LogP contribution >= 0.6 is 0 Å². The fourth-order valence-corrected chi connectivity index (χ4v) is 2.91. The molecule has 5 nitrogen and oxygen atoms in total. The third kappa shape index (κ3) is 2.49. The van der Waals surface area contributed by atoms with Gasteiger partial charge < -0.3 is 9.42 Å². The second-order valence-corrected chi connectivity index (χ2v) is 5.97. The van der Waals surface area contributed by atoms with Crippen LogP contribution in [0.25, 0.3) is 0 Å². The van der Waals surface area contributed by atoms with Gasteiger partial charge in [0, 0.05) is 18.9 Å². The van der Waals surface area contributed by atoms with Gasteiger partial charge in [0.15, 0.2) is 5.82 Å². The summed E-state index contributed by atoms with van der Waals surface area (Å²) >= 11 is 0. The van der Waals surface area contributed by atoms with Crippen molar-refractivity contribution in [1.82, 2.24) is 15.0 Å². The molecular weight excluding hydrogens is 285 g/mol. The second kappa shape index (κ2) is 5.19. The Labute approximate surface area is 127 Å². The number of carbonyl (C=O) groups is 1. The van der Waals surface area contributed by atoms with Crippen LogP contribution < -0.4 is 0 Å². The maximum atomic E-state index is 13.3. The second-order valence-electron chi connectivity index (χ2n) is 5.97. The van der Waals surface area contributed by atoms with Gasteiger partial charge in [0.05, 0.1) is 0 Å². The molecule has 1 amide bonds. The number of hydrogen-bond donors (Lipinski definition) is 0. The lowest BCUT2D eigenvalue weighted by Crippen LogP contribution is -2.27. The average molecular weight is 301 g/mol. The Morgan fingerprint density at radius 1 is 1.32 bits per heavy atom. The van der Waals surface area contributed by atoms with Crippen LogP contribution in [0.2, 0.25) is 0 Å². The smallest absolute Gasteiger partial charge is 0.249 e. The molecule has 22 heavy (non-hydrogen) atoms. The molecule has 114 valence electrons. The quantitative estimate of drug-likeness (QED) is 0.871. The van der Waals surface area contributed by atoms with E-state index in [0.717, 1.165) is 24.2 Å².